The van der Waals surface area contributed by atoms with Gasteiger partial charge in [-0.15, -0.1) is 0 Å². The van der Waals surface area contributed by atoms with E-state index in [4.69, 9.17) is 8.97 Å². The molecule has 1 unspecified atom stereocenters. The summed E-state index contributed by atoms with van der Waals surface area (Å²) in [7, 11) is -4.13. The molecule has 1 atom stereocenters. The lowest BCUT2D eigenvalue weighted by Crippen LogP contribution is -2.12. The van der Waals surface area contributed by atoms with E-state index in [0.29, 0.717) is 5.76 Å². The molecule has 0 radical (unpaired) electrons. The fourth-order valence-corrected chi connectivity index (χ4v) is 3.68. The molecular formula is C19H34O5S. The Hall–Kier alpha value is -0.850. The molecule has 0 aromatic carbocycles. The molecule has 0 aliphatic heterocycles. The molecule has 2 N–H and O–H groups in total. The Morgan fingerprint density at radius 2 is 1.52 bits per heavy atom. The Kier molecular flexibility index (Phi) is 10.4. The standard InChI is InChI=1S/C19H34O5S/c1-3-5-7-9-11-16(12-10-8-6-4-2)19(20)18-14-13-17(24-18)15-25(21,22)23/h13-14,16,19-20H,3-12,15H2,1-2H3,(H,21,22,23). The van der Waals surface area contributed by atoms with Crippen molar-refractivity contribution in [3.63, 3.8) is 0 Å². The van der Waals surface area contributed by atoms with Crippen LogP contribution >= 0.6 is 0 Å². The lowest BCUT2D eigenvalue weighted by molar-refractivity contribution is 0.0724. The first-order chi connectivity index (χ1) is 11.9. The Bertz CT molecular complexity index is 552. The quantitative estimate of drug-likeness (QED) is 0.343. The number of hydrogen-bond acceptors (Lipinski definition) is 4. The molecule has 25 heavy (non-hydrogen) atoms. The van der Waals surface area contributed by atoms with Gasteiger partial charge in [0.1, 0.15) is 23.4 Å². The number of furan rings is 1. The van der Waals surface area contributed by atoms with Gasteiger partial charge in [-0.1, -0.05) is 65.2 Å². The van der Waals surface area contributed by atoms with Gasteiger partial charge in [-0.3, -0.25) is 4.55 Å². The summed E-state index contributed by atoms with van der Waals surface area (Å²) in [6.45, 7) is 4.35. The van der Waals surface area contributed by atoms with Crippen LogP contribution in [0.2, 0.25) is 0 Å². The minimum atomic E-state index is -4.13. The molecule has 0 aliphatic rings. The van der Waals surface area contributed by atoms with E-state index in [0.717, 1.165) is 25.7 Å². The minimum absolute atomic E-state index is 0.124. The Labute approximate surface area is 152 Å². The lowest BCUT2D eigenvalue weighted by atomic mass is 9.88. The smallest absolute Gasteiger partial charge is 0.272 e. The van der Waals surface area contributed by atoms with Gasteiger partial charge < -0.3 is 9.52 Å². The molecule has 0 saturated heterocycles. The molecule has 1 aromatic heterocycles. The van der Waals surface area contributed by atoms with Crippen molar-refractivity contribution in [2.24, 2.45) is 5.92 Å². The number of aliphatic hydroxyl groups excluding tert-OH is 1. The normalized spacial score (nSPS) is 13.5. The van der Waals surface area contributed by atoms with Gasteiger partial charge in [0.05, 0.1) is 0 Å². The summed E-state index contributed by atoms with van der Waals surface area (Å²) in [5, 5.41) is 10.7. The lowest BCUT2D eigenvalue weighted by Gasteiger charge is -2.21. The zero-order chi connectivity index (χ0) is 18.7. The molecule has 0 saturated carbocycles. The molecule has 1 heterocycles. The van der Waals surface area contributed by atoms with E-state index in [1.165, 1.54) is 44.6 Å². The van der Waals surface area contributed by atoms with E-state index in [2.05, 4.69) is 13.8 Å². The average molecular weight is 375 g/mol. The van der Waals surface area contributed by atoms with Crippen LogP contribution in [0.4, 0.5) is 0 Å². The van der Waals surface area contributed by atoms with Gasteiger partial charge in [0.25, 0.3) is 10.1 Å². The van der Waals surface area contributed by atoms with Crippen molar-refractivity contribution in [2.45, 2.75) is 89.9 Å². The van der Waals surface area contributed by atoms with Crippen LogP contribution in [0.25, 0.3) is 0 Å². The third kappa shape index (κ3) is 9.42. The Morgan fingerprint density at radius 1 is 0.960 bits per heavy atom. The van der Waals surface area contributed by atoms with Crippen LogP contribution in [-0.4, -0.2) is 18.1 Å². The second-order valence-corrected chi connectivity index (χ2v) is 8.39. The second kappa shape index (κ2) is 11.7. The molecule has 0 aliphatic carbocycles. The SMILES string of the molecule is CCCCCCC(CCCCCC)C(O)c1ccc(CS(=O)(=O)O)o1. The van der Waals surface area contributed by atoms with Crippen molar-refractivity contribution in [1.82, 2.24) is 0 Å². The highest BCUT2D eigenvalue weighted by Gasteiger charge is 2.24. The van der Waals surface area contributed by atoms with Gasteiger partial charge in [-0.25, -0.2) is 0 Å². The molecular weight excluding hydrogens is 340 g/mol. The summed E-state index contributed by atoms with van der Waals surface area (Å²) in [5.41, 5.74) is 0. The minimum Gasteiger partial charge on any atom is -0.462 e. The molecule has 5 nitrogen and oxygen atoms in total. The molecule has 0 bridgehead atoms. The highest BCUT2D eigenvalue weighted by Crippen LogP contribution is 2.32. The first kappa shape index (κ1) is 22.2. The highest BCUT2D eigenvalue weighted by molar-refractivity contribution is 7.84. The van der Waals surface area contributed by atoms with E-state index in [9.17, 15) is 13.5 Å². The molecule has 0 spiro atoms. The summed E-state index contributed by atoms with van der Waals surface area (Å²) < 4.78 is 36.3. The van der Waals surface area contributed by atoms with Crippen molar-refractivity contribution < 1.29 is 22.5 Å². The van der Waals surface area contributed by atoms with Gasteiger partial charge in [0.2, 0.25) is 0 Å². The fourth-order valence-electron chi connectivity index (χ4n) is 3.17. The van der Waals surface area contributed by atoms with Crippen LogP contribution < -0.4 is 0 Å². The van der Waals surface area contributed by atoms with E-state index >= 15 is 0 Å². The summed E-state index contributed by atoms with van der Waals surface area (Å²) in [5.74, 6) is 0.123. The van der Waals surface area contributed by atoms with Crippen molar-refractivity contribution >= 4 is 10.1 Å². The highest BCUT2D eigenvalue weighted by atomic mass is 32.2. The molecule has 0 amide bonds. The third-order valence-corrected chi connectivity index (χ3v) is 5.25. The first-order valence-electron chi connectivity index (χ1n) is 9.59. The number of rotatable bonds is 14. The summed E-state index contributed by atoms with van der Waals surface area (Å²) in [6, 6.07) is 3.13. The van der Waals surface area contributed by atoms with E-state index in [-0.39, 0.29) is 11.7 Å². The average Bonchev–Trinajstić information content (AvgIpc) is 2.99. The molecule has 1 aromatic rings. The maximum absolute atomic E-state index is 11.0. The number of aliphatic hydroxyl groups is 1. The predicted octanol–water partition coefficient (Wildman–Crippen LogP) is 5.26. The van der Waals surface area contributed by atoms with Crippen LogP contribution in [0.15, 0.2) is 16.5 Å². The van der Waals surface area contributed by atoms with Gasteiger partial charge in [0, 0.05) is 0 Å². The number of hydrogen-bond donors (Lipinski definition) is 2. The molecule has 1 rings (SSSR count). The topological polar surface area (TPSA) is 87.7 Å². The maximum atomic E-state index is 11.0. The summed E-state index contributed by atoms with van der Waals surface area (Å²) in [4.78, 5) is 0. The third-order valence-electron chi connectivity index (χ3n) is 4.60. The zero-order valence-corrected chi connectivity index (χ0v) is 16.4. The van der Waals surface area contributed by atoms with Crippen LogP contribution in [0.1, 0.15) is 95.7 Å². The first-order valence-corrected chi connectivity index (χ1v) is 11.2. The zero-order valence-electron chi connectivity index (χ0n) is 15.6. The van der Waals surface area contributed by atoms with E-state index < -0.39 is 22.0 Å². The van der Waals surface area contributed by atoms with Crippen LogP contribution in [0, 0.1) is 5.92 Å². The summed E-state index contributed by atoms with van der Waals surface area (Å²) in [6.07, 6.45) is 10.4. The van der Waals surface area contributed by atoms with Gasteiger partial charge >= 0.3 is 0 Å². The van der Waals surface area contributed by atoms with Gasteiger partial charge in [-0.05, 0) is 30.9 Å². The van der Waals surface area contributed by atoms with E-state index in [1.807, 2.05) is 0 Å². The van der Waals surface area contributed by atoms with Crippen LogP contribution in [0.5, 0.6) is 0 Å². The van der Waals surface area contributed by atoms with Crippen LogP contribution in [0.3, 0.4) is 0 Å². The summed E-state index contributed by atoms with van der Waals surface area (Å²) >= 11 is 0. The van der Waals surface area contributed by atoms with E-state index in [1.54, 1.807) is 6.07 Å². The predicted molar refractivity (Wildman–Crippen MR) is 99.9 cm³/mol. The van der Waals surface area contributed by atoms with Crippen molar-refractivity contribution in [1.29, 1.82) is 0 Å². The maximum Gasteiger partial charge on any atom is 0.272 e. The second-order valence-electron chi connectivity index (χ2n) is 6.93. The monoisotopic (exact) mass is 374 g/mol. The van der Waals surface area contributed by atoms with Crippen molar-refractivity contribution in [3.8, 4) is 0 Å². The Balaban J connectivity index is 2.66. The largest absolute Gasteiger partial charge is 0.462 e. The molecule has 6 heteroatoms. The van der Waals surface area contributed by atoms with Gasteiger partial charge in [-0.2, -0.15) is 8.42 Å². The fraction of sp³-hybridized carbons (Fsp3) is 0.789. The number of unbranched alkanes of at least 4 members (excludes halogenated alkanes) is 6. The van der Waals surface area contributed by atoms with Crippen LogP contribution in [-0.2, 0) is 15.9 Å². The van der Waals surface area contributed by atoms with Gasteiger partial charge in [0.15, 0.2) is 0 Å². The Morgan fingerprint density at radius 3 is 2.00 bits per heavy atom. The molecule has 146 valence electrons. The van der Waals surface area contributed by atoms with Crippen molar-refractivity contribution in [2.75, 3.05) is 0 Å². The molecule has 0 fully saturated rings. The van der Waals surface area contributed by atoms with Crippen molar-refractivity contribution in [3.05, 3.63) is 23.7 Å².